The van der Waals surface area contributed by atoms with Gasteiger partial charge in [0.15, 0.2) is 4.34 Å². The Kier molecular flexibility index (Phi) is 5.87. The molecule has 0 saturated carbocycles. The summed E-state index contributed by atoms with van der Waals surface area (Å²) in [6.45, 7) is 6.44. The second-order valence-electron chi connectivity index (χ2n) is 5.17. The second-order valence-corrected chi connectivity index (χ2v) is 8.83. The molecule has 9 heteroatoms. The zero-order valence-corrected chi connectivity index (χ0v) is 16.6. The Labute approximate surface area is 158 Å². The summed E-state index contributed by atoms with van der Waals surface area (Å²) < 4.78 is 7.46. The SMILES string of the molecule is CCOc1ccc2nc(S[C@@H](CC)C(=O)Nc3nnc(C)s3)sc2c1. The van der Waals surface area contributed by atoms with E-state index >= 15 is 0 Å². The molecule has 132 valence electrons. The van der Waals surface area contributed by atoms with Gasteiger partial charge in [0.05, 0.1) is 22.1 Å². The molecular weight excluding hydrogens is 376 g/mol. The predicted octanol–water partition coefficient (Wildman–Crippen LogP) is 4.36. The average molecular weight is 395 g/mol. The van der Waals surface area contributed by atoms with E-state index in [2.05, 4.69) is 20.5 Å². The molecule has 2 heterocycles. The van der Waals surface area contributed by atoms with Crippen LogP contribution < -0.4 is 10.1 Å². The van der Waals surface area contributed by atoms with Crippen molar-refractivity contribution >= 4 is 55.7 Å². The lowest BCUT2D eigenvalue weighted by atomic mass is 10.3. The van der Waals surface area contributed by atoms with Gasteiger partial charge in [-0.05, 0) is 38.5 Å². The number of amides is 1. The first-order valence-electron chi connectivity index (χ1n) is 7.90. The zero-order chi connectivity index (χ0) is 17.8. The van der Waals surface area contributed by atoms with Crippen molar-refractivity contribution < 1.29 is 9.53 Å². The van der Waals surface area contributed by atoms with E-state index in [1.54, 1.807) is 11.3 Å². The van der Waals surface area contributed by atoms with Crippen molar-refractivity contribution in [3.8, 4) is 5.75 Å². The number of nitrogens with zero attached hydrogens (tertiary/aromatic N) is 3. The Balaban J connectivity index is 1.72. The first-order valence-corrected chi connectivity index (χ1v) is 10.4. The number of aromatic nitrogens is 3. The van der Waals surface area contributed by atoms with Gasteiger partial charge in [-0.1, -0.05) is 30.0 Å². The van der Waals surface area contributed by atoms with Crippen molar-refractivity contribution in [2.75, 3.05) is 11.9 Å². The van der Waals surface area contributed by atoms with Crippen molar-refractivity contribution in [1.82, 2.24) is 15.2 Å². The standard InChI is InChI=1S/C16H18N4O2S3/c1-4-12(14(21)18-15-20-19-9(3)23-15)24-16-17-11-7-6-10(22-5-2)8-13(11)25-16/h6-8,12H,4-5H2,1-3H3,(H,18,20,21)/t12-/m0/s1. The lowest BCUT2D eigenvalue weighted by Gasteiger charge is -2.11. The third-order valence-electron chi connectivity index (χ3n) is 3.31. The molecule has 0 aliphatic carbocycles. The number of benzene rings is 1. The average Bonchev–Trinajstić information content (AvgIpc) is 3.17. The maximum Gasteiger partial charge on any atom is 0.239 e. The molecule has 0 radical (unpaired) electrons. The third-order valence-corrected chi connectivity index (χ3v) is 6.54. The number of aryl methyl sites for hydroxylation is 1. The Bertz CT molecular complexity index is 877. The van der Waals surface area contributed by atoms with Crippen LogP contribution in [0.2, 0.25) is 0 Å². The summed E-state index contributed by atoms with van der Waals surface area (Å²) in [5, 5.41) is 11.8. The van der Waals surface area contributed by atoms with E-state index in [9.17, 15) is 4.79 Å². The Morgan fingerprint density at radius 3 is 2.84 bits per heavy atom. The highest BCUT2D eigenvalue weighted by atomic mass is 32.2. The highest BCUT2D eigenvalue weighted by Gasteiger charge is 2.21. The summed E-state index contributed by atoms with van der Waals surface area (Å²) in [4.78, 5) is 17.1. The molecular formula is C16H18N4O2S3. The van der Waals surface area contributed by atoms with Crippen LogP contribution in [0.25, 0.3) is 10.2 Å². The Hall–Kier alpha value is -1.71. The summed E-state index contributed by atoms with van der Waals surface area (Å²) in [6, 6.07) is 5.86. The molecule has 1 amide bonds. The minimum absolute atomic E-state index is 0.0714. The fourth-order valence-corrected chi connectivity index (χ4v) is 5.03. The first kappa shape index (κ1) is 18.1. The number of anilines is 1. The molecule has 1 aromatic carbocycles. The van der Waals surface area contributed by atoms with Crippen LogP contribution in [0.4, 0.5) is 5.13 Å². The van der Waals surface area contributed by atoms with Gasteiger partial charge < -0.3 is 4.74 Å². The van der Waals surface area contributed by atoms with E-state index in [1.807, 2.05) is 39.0 Å². The van der Waals surface area contributed by atoms with Crippen LogP contribution in [0.3, 0.4) is 0 Å². The van der Waals surface area contributed by atoms with E-state index in [4.69, 9.17) is 4.74 Å². The molecule has 0 fully saturated rings. The molecule has 3 rings (SSSR count). The number of ether oxygens (including phenoxy) is 1. The zero-order valence-electron chi connectivity index (χ0n) is 14.1. The van der Waals surface area contributed by atoms with Gasteiger partial charge in [-0.25, -0.2) is 4.98 Å². The maximum absolute atomic E-state index is 12.5. The van der Waals surface area contributed by atoms with Crippen molar-refractivity contribution in [3.05, 3.63) is 23.2 Å². The van der Waals surface area contributed by atoms with Crippen LogP contribution in [-0.4, -0.2) is 32.9 Å². The summed E-state index contributed by atoms with van der Waals surface area (Å²) in [7, 11) is 0. The van der Waals surface area contributed by atoms with Gasteiger partial charge in [0.2, 0.25) is 11.0 Å². The largest absolute Gasteiger partial charge is 0.494 e. The van der Waals surface area contributed by atoms with Crippen LogP contribution in [0.5, 0.6) is 5.75 Å². The quantitative estimate of drug-likeness (QED) is 0.600. The molecule has 1 N–H and O–H groups in total. The monoisotopic (exact) mass is 394 g/mol. The third kappa shape index (κ3) is 4.47. The van der Waals surface area contributed by atoms with E-state index < -0.39 is 0 Å². The number of fused-ring (bicyclic) bond motifs is 1. The normalized spacial score (nSPS) is 12.3. The highest BCUT2D eigenvalue weighted by Crippen LogP contribution is 2.35. The summed E-state index contributed by atoms with van der Waals surface area (Å²) in [5.41, 5.74) is 0.922. The van der Waals surface area contributed by atoms with Gasteiger partial charge in [0.25, 0.3) is 0 Å². The molecule has 1 atom stereocenters. The molecule has 0 aliphatic heterocycles. The maximum atomic E-state index is 12.5. The first-order chi connectivity index (χ1) is 12.1. The van der Waals surface area contributed by atoms with Crippen LogP contribution in [0.15, 0.2) is 22.5 Å². The molecule has 25 heavy (non-hydrogen) atoms. The van der Waals surface area contributed by atoms with E-state index in [0.717, 1.165) is 25.3 Å². The number of nitrogens with one attached hydrogen (secondary N) is 1. The van der Waals surface area contributed by atoms with Crippen molar-refractivity contribution in [2.24, 2.45) is 0 Å². The number of thiazole rings is 1. The number of carbonyl (C=O) groups excluding carboxylic acids is 1. The molecule has 2 aromatic heterocycles. The fourth-order valence-electron chi connectivity index (χ4n) is 2.17. The van der Waals surface area contributed by atoms with E-state index in [0.29, 0.717) is 18.2 Å². The number of rotatable bonds is 7. The van der Waals surface area contributed by atoms with Crippen LogP contribution in [-0.2, 0) is 4.79 Å². The minimum atomic E-state index is -0.226. The highest BCUT2D eigenvalue weighted by molar-refractivity contribution is 8.02. The number of thioether (sulfide) groups is 1. The van der Waals surface area contributed by atoms with Gasteiger partial charge in [0.1, 0.15) is 10.8 Å². The van der Waals surface area contributed by atoms with Crippen LogP contribution in [0, 0.1) is 6.92 Å². The molecule has 0 spiro atoms. The second kappa shape index (κ2) is 8.11. The fraction of sp³-hybridized carbons (Fsp3) is 0.375. The summed E-state index contributed by atoms with van der Waals surface area (Å²) in [5.74, 6) is 0.768. The van der Waals surface area contributed by atoms with Gasteiger partial charge in [-0.2, -0.15) is 0 Å². The Morgan fingerprint density at radius 2 is 2.16 bits per heavy atom. The summed E-state index contributed by atoms with van der Waals surface area (Å²) in [6.07, 6.45) is 0.703. The van der Waals surface area contributed by atoms with Gasteiger partial charge in [-0.15, -0.1) is 21.5 Å². The number of hydrogen-bond acceptors (Lipinski definition) is 8. The van der Waals surface area contributed by atoms with Crippen LogP contribution in [0.1, 0.15) is 25.3 Å². The summed E-state index contributed by atoms with van der Waals surface area (Å²) >= 11 is 4.42. The van der Waals surface area contributed by atoms with Gasteiger partial charge in [0, 0.05) is 0 Å². The molecule has 0 saturated heterocycles. The molecule has 3 aromatic rings. The molecule has 0 bridgehead atoms. The molecule has 0 aliphatic rings. The number of carbonyl (C=O) groups is 1. The van der Waals surface area contributed by atoms with Crippen molar-refractivity contribution in [1.29, 1.82) is 0 Å². The van der Waals surface area contributed by atoms with E-state index in [-0.39, 0.29) is 11.2 Å². The van der Waals surface area contributed by atoms with Gasteiger partial charge >= 0.3 is 0 Å². The predicted molar refractivity (Wildman–Crippen MR) is 104 cm³/mol. The molecule has 6 nitrogen and oxygen atoms in total. The van der Waals surface area contributed by atoms with Gasteiger partial charge in [-0.3, -0.25) is 10.1 Å². The van der Waals surface area contributed by atoms with Crippen molar-refractivity contribution in [3.63, 3.8) is 0 Å². The van der Waals surface area contributed by atoms with Crippen LogP contribution >= 0.6 is 34.4 Å². The Morgan fingerprint density at radius 1 is 1.32 bits per heavy atom. The van der Waals surface area contributed by atoms with Crippen molar-refractivity contribution in [2.45, 2.75) is 36.8 Å². The lowest BCUT2D eigenvalue weighted by Crippen LogP contribution is -2.24. The lowest BCUT2D eigenvalue weighted by molar-refractivity contribution is -0.115. The number of hydrogen-bond donors (Lipinski definition) is 1. The smallest absolute Gasteiger partial charge is 0.239 e. The topological polar surface area (TPSA) is 77.0 Å². The molecule has 0 unspecified atom stereocenters. The van der Waals surface area contributed by atoms with E-state index in [1.165, 1.54) is 23.1 Å². The minimum Gasteiger partial charge on any atom is -0.494 e.